The number of nitrogens with one attached hydrogen (secondary N) is 1. The molecule has 2 aromatic carbocycles. The summed E-state index contributed by atoms with van der Waals surface area (Å²) in [6.45, 7) is 6.45. The second-order valence-electron chi connectivity index (χ2n) is 5.98. The molecule has 0 radical (unpaired) electrons. The van der Waals surface area contributed by atoms with Gasteiger partial charge in [0.25, 0.3) is 5.91 Å². The molecule has 1 N–H and O–H groups in total. The van der Waals surface area contributed by atoms with Gasteiger partial charge in [0.15, 0.2) is 6.10 Å². The Morgan fingerprint density at radius 2 is 1.77 bits per heavy atom. The van der Waals surface area contributed by atoms with Crippen LogP contribution < -0.4 is 14.8 Å². The number of ether oxygens (including phenoxy) is 2. The Hall–Kier alpha value is -1.91. The standard InChI is InChI=1S/C20H23Cl2NO3/c1-4-19(26-16-7-8-17(21)14(3)11-16)20(24)23-9-10-25-15-6-5-13(2)18(22)12-15/h5-8,11-12,19H,4,9-10H2,1-3H3,(H,23,24)/t19-/m1/s1. The molecule has 6 heteroatoms. The molecule has 0 aliphatic heterocycles. The molecule has 26 heavy (non-hydrogen) atoms. The molecule has 0 bridgehead atoms. The molecule has 0 aliphatic rings. The van der Waals surface area contributed by atoms with E-state index in [0.29, 0.717) is 41.1 Å². The first-order chi connectivity index (χ1) is 12.4. The van der Waals surface area contributed by atoms with Crippen molar-refractivity contribution < 1.29 is 14.3 Å². The number of aryl methyl sites for hydroxylation is 2. The lowest BCUT2D eigenvalue weighted by Crippen LogP contribution is -2.39. The van der Waals surface area contributed by atoms with E-state index in [9.17, 15) is 4.79 Å². The highest BCUT2D eigenvalue weighted by atomic mass is 35.5. The number of halogens is 2. The zero-order valence-corrected chi connectivity index (χ0v) is 16.7. The third-order valence-corrected chi connectivity index (χ3v) is 4.72. The van der Waals surface area contributed by atoms with Crippen molar-refractivity contribution in [2.45, 2.75) is 33.3 Å². The van der Waals surface area contributed by atoms with Crippen molar-refractivity contribution in [1.29, 1.82) is 0 Å². The van der Waals surface area contributed by atoms with E-state index in [-0.39, 0.29) is 5.91 Å². The summed E-state index contributed by atoms with van der Waals surface area (Å²) in [7, 11) is 0. The molecule has 0 spiro atoms. The van der Waals surface area contributed by atoms with Gasteiger partial charge < -0.3 is 14.8 Å². The lowest BCUT2D eigenvalue weighted by molar-refractivity contribution is -0.128. The Morgan fingerprint density at radius 1 is 1.04 bits per heavy atom. The van der Waals surface area contributed by atoms with Gasteiger partial charge in [-0.25, -0.2) is 0 Å². The number of amides is 1. The molecule has 4 nitrogen and oxygen atoms in total. The third-order valence-electron chi connectivity index (χ3n) is 3.88. The molecular formula is C20H23Cl2NO3. The normalized spacial score (nSPS) is 11.7. The fraction of sp³-hybridized carbons (Fsp3) is 0.350. The van der Waals surface area contributed by atoms with Gasteiger partial charge in [-0.2, -0.15) is 0 Å². The van der Waals surface area contributed by atoms with Crippen LogP contribution >= 0.6 is 23.2 Å². The minimum absolute atomic E-state index is 0.175. The predicted octanol–water partition coefficient (Wildman–Crippen LogP) is 4.96. The van der Waals surface area contributed by atoms with Gasteiger partial charge in [-0.05, 0) is 61.7 Å². The fourth-order valence-electron chi connectivity index (χ4n) is 2.30. The zero-order chi connectivity index (χ0) is 19.1. The summed E-state index contributed by atoms with van der Waals surface area (Å²) in [4.78, 5) is 12.3. The molecule has 0 aliphatic carbocycles. The molecule has 1 atom stereocenters. The van der Waals surface area contributed by atoms with Crippen LogP contribution in [0.1, 0.15) is 24.5 Å². The lowest BCUT2D eigenvalue weighted by atomic mass is 10.2. The lowest BCUT2D eigenvalue weighted by Gasteiger charge is -2.18. The van der Waals surface area contributed by atoms with Crippen LogP contribution in [-0.4, -0.2) is 25.2 Å². The zero-order valence-electron chi connectivity index (χ0n) is 15.1. The highest BCUT2D eigenvalue weighted by molar-refractivity contribution is 6.31. The van der Waals surface area contributed by atoms with Crippen LogP contribution in [0.3, 0.4) is 0 Å². The van der Waals surface area contributed by atoms with E-state index in [0.717, 1.165) is 11.1 Å². The van der Waals surface area contributed by atoms with Crippen molar-refractivity contribution >= 4 is 29.1 Å². The topological polar surface area (TPSA) is 47.6 Å². The van der Waals surface area contributed by atoms with Crippen molar-refractivity contribution in [1.82, 2.24) is 5.32 Å². The first-order valence-electron chi connectivity index (χ1n) is 8.50. The highest BCUT2D eigenvalue weighted by Crippen LogP contribution is 2.23. The van der Waals surface area contributed by atoms with E-state index >= 15 is 0 Å². The van der Waals surface area contributed by atoms with Crippen LogP contribution in [-0.2, 0) is 4.79 Å². The number of carbonyl (C=O) groups excluding carboxylic acids is 1. The summed E-state index contributed by atoms with van der Waals surface area (Å²) in [5.41, 5.74) is 1.90. The van der Waals surface area contributed by atoms with E-state index < -0.39 is 6.10 Å². The number of benzene rings is 2. The van der Waals surface area contributed by atoms with Gasteiger partial charge in [0.1, 0.15) is 18.1 Å². The molecule has 0 fully saturated rings. The fourth-order valence-corrected chi connectivity index (χ4v) is 2.59. The Labute approximate surface area is 164 Å². The van der Waals surface area contributed by atoms with Crippen LogP contribution in [0.15, 0.2) is 36.4 Å². The van der Waals surface area contributed by atoms with Crippen LogP contribution in [0.5, 0.6) is 11.5 Å². The molecule has 0 aromatic heterocycles. The van der Waals surface area contributed by atoms with Crippen LogP contribution in [0.25, 0.3) is 0 Å². The second kappa shape index (κ2) is 9.70. The van der Waals surface area contributed by atoms with Crippen molar-refractivity contribution in [2.75, 3.05) is 13.2 Å². The summed E-state index contributed by atoms with van der Waals surface area (Å²) in [6.07, 6.45) is -0.00790. The second-order valence-corrected chi connectivity index (χ2v) is 6.79. The minimum Gasteiger partial charge on any atom is -0.492 e. The maximum atomic E-state index is 12.3. The van der Waals surface area contributed by atoms with Crippen LogP contribution in [0, 0.1) is 13.8 Å². The summed E-state index contributed by atoms with van der Waals surface area (Å²) in [5.74, 6) is 1.12. The molecule has 0 heterocycles. The number of carbonyl (C=O) groups is 1. The van der Waals surface area contributed by atoms with Crippen molar-refractivity contribution in [3.8, 4) is 11.5 Å². The van der Waals surface area contributed by atoms with E-state index in [2.05, 4.69) is 5.32 Å². The van der Waals surface area contributed by atoms with E-state index in [1.54, 1.807) is 18.2 Å². The maximum absolute atomic E-state index is 12.3. The number of rotatable bonds is 8. The van der Waals surface area contributed by atoms with Gasteiger partial charge >= 0.3 is 0 Å². The molecular weight excluding hydrogens is 373 g/mol. The third kappa shape index (κ3) is 5.82. The van der Waals surface area contributed by atoms with Crippen molar-refractivity contribution in [3.63, 3.8) is 0 Å². The van der Waals surface area contributed by atoms with Crippen LogP contribution in [0.2, 0.25) is 10.0 Å². The molecule has 2 rings (SSSR count). The van der Waals surface area contributed by atoms with Gasteiger partial charge in [-0.15, -0.1) is 0 Å². The van der Waals surface area contributed by atoms with Gasteiger partial charge in [0.2, 0.25) is 0 Å². The van der Waals surface area contributed by atoms with Gasteiger partial charge in [0, 0.05) is 10.0 Å². The molecule has 0 saturated carbocycles. The monoisotopic (exact) mass is 395 g/mol. The van der Waals surface area contributed by atoms with Crippen molar-refractivity contribution in [2.24, 2.45) is 0 Å². The highest BCUT2D eigenvalue weighted by Gasteiger charge is 2.18. The maximum Gasteiger partial charge on any atom is 0.261 e. The van der Waals surface area contributed by atoms with Gasteiger partial charge in [0.05, 0.1) is 6.54 Å². The summed E-state index contributed by atoms with van der Waals surface area (Å²) < 4.78 is 11.4. The largest absolute Gasteiger partial charge is 0.492 e. The van der Waals surface area contributed by atoms with Gasteiger partial charge in [-0.1, -0.05) is 36.2 Å². The molecule has 0 unspecified atom stereocenters. The van der Waals surface area contributed by atoms with Gasteiger partial charge in [-0.3, -0.25) is 4.79 Å². The molecule has 2 aromatic rings. The average molecular weight is 396 g/mol. The van der Waals surface area contributed by atoms with Crippen LogP contribution in [0.4, 0.5) is 0 Å². The molecule has 1 amide bonds. The molecule has 0 saturated heterocycles. The predicted molar refractivity (Wildman–Crippen MR) is 106 cm³/mol. The first kappa shape index (κ1) is 20.4. The summed E-state index contributed by atoms with van der Waals surface area (Å²) in [6, 6.07) is 10.9. The number of hydrogen-bond acceptors (Lipinski definition) is 3. The van der Waals surface area contributed by atoms with Crippen molar-refractivity contribution in [3.05, 3.63) is 57.6 Å². The number of hydrogen-bond donors (Lipinski definition) is 1. The Kier molecular flexibility index (Phi) is 7.61. The summed E-state index contributed by atoms with van der Waals surface area (Å²) in [5, 5.41) is 4.15. The van der Waals surface area contributed by atoms with E-state index in [4.69, 9.17) is 32.7 Å². The van der Waals surface area contributed by atoms with E-state index in [1.165, 1.54) is 0 Å². The quantitative estimate of drug-likeness (QED) is 0.642. The summed E-state index contributed by atoms with van der Waals surface area (Å²) >= 11 is 12.1. The SMILES string of the molecule is CC[C@@H](Oc1ccc(Cl)c(C)c1)C(=O)NCCOc1ccc(C)c(Cl)c1. The Balaban J connectivity index is 1.81. The first-order valence-corrected chi connectivity index (χ1v) is 9.25. The Morgan fingerprint density at radius 3 is 2.42 bits per heavy atom. The van der Waals surface area contributed by atoms with E-state index in [1.807, 2.05) is 39.0 Å². The smallest absolute Gasteiger partial charge is 0.261 e. The Bertz CT molecular complexity index is 765. The minimum atomic E-state index is -0.565. The average Bonchev–Trinajstić information content (AvgIpc) is 2.62. The molecule has 140 valence electrons.